The van der Waals surface area contributed by atoms with E-state index in [1.54, 1.807) is 14.2 Å². The minimum Gasteiger partial charge on any atom is -0.493 e. The molecular formula is C31H41N3O2. The van der Waals surface area contributed by atoms with Gasteiger partial charge in [0.15, 0.2) is 11.5 Å². The van der Waals surface area contributed by atoms with Crippen LogP contribution in [-0.2, 0) is 0 Å². The van der Waals surface area contributed by atoms with Crippen molar-refractivity contribution in [2.75, 3.05) is 46.9 Å². The Morgan fingerprint density at radius 2 is 1.58 bits per heavy atom. The second-order valence-electron chi connectivity index (χ2n) is 11.3. The molecular weight excluding hydrogens is 446 g/mol. The van der Waals surface area contributed by atoms with Gasteiger partial charge < -0.3 is 24.3 Å². The van der Waals surface area contributed by atoms with Crippen LogP contribution < -0.4 is 9.47 Å². The number of hydrogen-bond acceptors (Lipinski definition) is 4. The van der Waals surface area contributed by atoms with Crippen LogP contribution >= 0.6 is 0 Å². The maximum absolute atomic E-state index is 5.54. The van der Waals surface area contributed by atoms with Gasteiger partial charge in [-0.2, -0.15) is 0 Å². The van der Waals surface area contributed by atoms with Crippen LogP contribution in [0.3, 0.4) is 0 Å². The zero-order valence-electron chi connectivity index (χ0n) is 22.2. The zero-order chi connectivity index (χ0) is 24.6. The van der Waals surface area contributed by atoms with Gasteiger partial charge in [-0.15, -0.1) is 0 Å². The Bertz CT molecular complexity index is 1200. The highest BCUT2D eigenvalue weighted by atomic mass is 16.5. The molecule has 3 aromatic rings. The molecule has 192 valence electrons. The molecule has 0 amide bonds. The van der Waals surface area contributed by atoms with Gasteiger partial charge in [0.1, 0.15) is 0 Å². The molecule has 3 aliphatic rings. The number of hydrogen-bond donors (Lipinski definition) is 1. The lowest BCUT2D eigenvalue weighted by Crippen LogP contribution is -2.47. The molecule has 1 aliphatic carbocycles. The second kappa shape index (κ2) is 10.1. The van der Waals surface area contributed by atoms with Crippen LogP contribution in [0.5, 0.6) is 11.5 Å². The van der Waals surface area contributed by atoms with Gasteiger partial charge >= 0.3 is 0 Å². The second-order valence-corrected chi connectivity index (χ2v) is 11.3. The van der Waals surface area contributed by atoms with Crippen LogP contribution in [0.2, 0.25) is 0 Å². The van der Waals surface area contributed by atoms with Crippen LogP contribution in [0.4, 0.5) is 0 Å². The largest absolute Gasteiger partial charge is 0.493 e. The number of nitrogens with one attached hydrogen (secondary N) is 1. The third-order valence-corrected chi connectivity index (χ3v) is 9.04. The number of H-pyrrole nitrogens is 1. The Labute approximate surface area is 215 Å². The Morgan fingerprint density at radius 1 is 0.833 bits per heavy atom. The number of aromatic nitrogens is 1. The number of aryl methyl sites for hydroxylation is 1. The number of rotatable bonds is 7. The number of nitrogens with zero attached hydrogens (tertiary/aromatic N) is 2. The van der Waals surface area contributed by atoms with Crippen LogP contribution in [0, 0.1) is 12.8 Å². The fraction of sp³-hybridized carbons (Fsp3) is 0.548. The summed E-state index contributed by atoms with van der Waals surface area (Å²) in [5.74, 6) is 3.20. The van der Waals surface area contributed by atoms with Crippen molar-refractivity contribution in [3.8, 4) is 22.8 Å². The third-order valence-electron chi connectivity index (χ3n) is 9.04. The Balaban J connectivity index is 1.12. The third kappa shape index (κ3) is 4.76. The summed E-state index contributed by atoms with van der Waals surface area (Å²) in [5.41, 5.74) is 6.29. The molecule has 36 heavy (non-hydrogen) atoms. The molecule has 1 aromatic heterocycles. The average molecular weight is 488 g/mol. The Kier molecular flexibility index (Phi) is 6.70. The van der Waals surface area contributed by atoms with E-state index in [4.69, 9.17) is 9.47 Å². The van der Waals surface area contributed by atoms with Gasteiger partial charge in [-0.25, -0.2) is 0 Å². The molecule has 1 N–H and O–H groups in total. The number of ether oxygens (including phenoxy) is 2. The first-order valence-corrected chi connectivity index (χ1v) is 13.9. The van der Waals surface area contributed by atoms with E-state index in [9.17, 15) is 0 Å². The van der Waals surface area contributed by atoms with Crippen molar-refractivity contribution < 1.29 is 9.47 Å². The summed E-state index contributed by atoms with van der Waals surface area (Å²) in [6, 6.07) is 14.0. The van der Waals surface area contributed by atoms with Crippen LogP contribution in [-0.4, -0.2) is 67.8 Å². The van der Waals surface area contributed by atoms with E-state index in [1.165, 1.54) is 93.3 Å². The molecule has 5 nitrogen and oxygen atoms in total. The average Bonchev–Trinajstić information content (AvgIpc) is 3.69. The first-order valence-electron chi connectivity index (χ1n) is 13.9. The maximum Gasteiger partial charge on any atom is 0.161 e. The first-order chi connectivity index (χ1) is 17.6. The number of likely N-dealkylation sites (tertiary alicyclic amines) is 2. The molecule has 0 unspecified atom stereocenters. The van der Waals surface area contributed by atoms with Gasteiger partial charge in [0, 0.05) is 34.7 Å². The summed E-state index contributed by atoms with van der Waals surface area (Å²) in [7, 11) is 3.37. The van der Waals surface area contributed by atoms with Crippen molar-refractivity contribution in [2.45, 2.75) is 57.4 Å². The number of benzene rings is 2. The lowest BCUT2D eigenvalue weighted by atomic mass is 9.87. The van der Waals surface area contributed by atoms with Crippen LogP contribution in [0.15, 0.2) is 36.4 Å². The predicted molar refractivity (Wildman–Crippen MR) is 147 cm³/mol. The fourth-order valence-corrected chi connectivity index (χ4v) is 6.61. The SMILES string of the molecule is COc1ccc(-c2[nH]c3ccc(C4CCN(C5CCN(CC6CC6)CC5)CC4)cc3c2C)cc1OC. The van der Waals surface area contributed by atoms with E-state index >= 15 is 0 Å². The fourth-order valence-electron chi connectivity index (χ4n) is 6.61. The molecule has 6 rings (SSSR count). The lowest BCUT2D eigenvalue weighted by molar-refractivity contribution is 0.0856. The van der Waals surface area contributed by atoms with Gasteiger partial charge in [-0.05, 0) is 125 Å². The molecule has 3 fully saturated rings. The van der Waals surface area contributed by atoms with Crippen molar-refractivity contribution in [2.24, 2.45) is 5.92 Å². The van der Waals surface area contributed by atoms with E-state index in [1.807, 2.05) is 6.07 Å². The summed E-state index contributed by atoms with van der Waals surface area (Å²) < 4.78 is 11.0. The molecule has 0 spiro atoms. The molecule has 2 saturated heterocycles. The number of piperidine rings is 2. The van der Waals surface area contributed by atoms with Gasteiger partial charge in [0.2, 0.25) is 0 Å². The van der Waals surface area contributed by atoms with Gasteiger partial charge in [-0.3, -0.25) is 0 Å². The first kappa shape index (κ1) is 23.9. The number of methoxy groups -OCH3 is 2. The molecule has 1 saturated carbocycles. The normalized spacial score (nSPS) is 20.8. The Hall–Kier alpha value is -2.50. The molecule has 2 aliphatic heterocycles. The molecule has 0 radical (unpaired) electrons. The highest BCUT2D eigenvalue weighted by molar-refractivity contribution is 5.91. The van der Waals surface area contributed by atoms with Crippen LogP contribution in [0.25, 0.3) is 22.2 Å². The van der Waals surface area contributed by atoms with E-state index in [0.717, 1.165) is 34.7 Å². The molecule has 2 aromatic carbocycles. The van der Waals surface area contributed by atoms with Gasteiger partial charge in [-0.1, -0.05) is 6.07 Å². The minimum absolute atomic E-state index is 0.666. The lowest BCUT2D eigenvalue weighted by Gasteiger charge is -2.42. The standard InChI is InChI=1S/C31H41N3O2/c1-21-27-18-24(6-8-28(27)32-31(21)25-7-9-29(35-2)30(19-25)36-3)23-10-16-34(17-11-23)26-12-14-33(15-13-26)20-22-4-5-22/h6-9,18-19,22-23,26,32H,4-5,10-17,20H2,1-3H3. The monoisotopic (exact) mass is 487 g/mol. The molecule has 3 heterocycles. The summed E-state index contributed by atoms with van der Waals surface area (Å²) in [6.45, 7) is 8.72. The summed E-state index contributed by atoms with van der Waals surface area (Å²) in [5, 5.41) is 1.34. The van der Waals surface area contributed by atoms with E-state index in [2.05, 4.69) is 52.0 Å². The topological polar surface area (TPSA) is 40.7 Å². The van der Waals surface area contributed by atoms with E-state index in [0.29, 0.717) is 5.92 Å². The van der Waals surface area contributed by atoms with Crippen LogP contribution in [0.1, 0.15) is 55.6 Å². The molecule has 0 bridgehead atoms. The minimum atomic E-state index is 0.666. The molecule has 0 atom stereocenters. The van der Waals surface area contributed by atoms with Gasteiger partial charge in [0.05, 0.1) is 14.2 Å². The predicted octanol–water partition coefficient (Wildman–Crippen LogP) is 6.21. The summed E-state index contributed by atoms with van der Waals surface area (Å²) >= 11 is 0. The highest BCUT2D eigenvalue weighted by Gasteiger charge is 2.31. The van der Waals surface area contributed by atoms with Crippen molar-refractivity contribution in [1.29, 1.82) is 0 Å². The van der Waals surface area contributed by atoms with Crippen molar-refractivity contribution in [3.05, 3.63) is 47.5 Å². The van der Waals surface area contributed by atoms with E-state index in [-0.39, 0.29) is 0 Å². The highest BCUT2D eigenvalue weighted by Crippen LogP contribution is 2.38. The number of aromatic amines is 1. The van der Waals surface area contributed by atoms with Crippen molar-refractivity contribution >= 4 is 10.9 Å². The quantitative estimate of drug-likeness (QED) is 0.430. The number of fused-ring (bicyclic) bond motifs is 1. The smallest absolute Gasteiger partial charge is 0.161 e. The van der Waals surface area contributed by atoms with Gasteiger partial charge in [0.25, 0.3) is 0 Å². The van der Waals surface area contributed by atoms with Crippen molar-refractivity contribution in [1.82, 2.24) is 14.8 Å². The van der Waals surface area contributed by atoms with Crippen molar-refractivity contribution in [3.63, 3.8) is 0 Å². The van der Waals surface area contributed by atoms with E-state index < -0.39 is 0 Å². The maximum atomic E-state index is 5.54. The Morgan fingerprint density at radius 3 is 2.28 bits per heavy atom. The summed E-state index contributed by atoms with van der Waals surface area (Å²) in [6.07, 6.45) is 8.23. The zero-order valence-corrected chi connectivity index (χ0v) is 22.2. The summed E-state index contributed by atoms with van der Waals surface area (Å²) in [4.78, 5) is 9.19. The molecule has 5 heteroatoms.